The number of aromatic nitrogens is 3. The number of hydrogen-bond donors (Lipinski definition) is 1. The summed E-state index contributed by atoms with van der Waals surface area (Å²) in [6, 6.07) is 5.61. The molecule has 3 rings (SSSR count). The van der Waals surface area contributed by atoms with Crippen LogP contribution in [0.3, 0.4) is 0 Å². The van der Waals surface area contributed by atoms with Crippen LogP contribution in [-0.4, -0.2) is 26.9 Å². The van der Waals surface area contributed by atoms with Crippen LogP contribution in [0, 0.1) is 6.92 Å². The number of nitrogens with zero attached hydrogens (tertiary/aromatic N) is 3. The van der Waals surface area contributed by atoms with E-state index in [0.717, 1.165) is 28.9 Å². The first kappa shape index (κ1) is 18.5. The van der Waals surface area contributed by atoms with Crippen LogP contribution in [0.2, 0.25) is 0 Å². The molecule has 11 heteroatoms. The third-order valence-electron chi connectivity index (χ3n) is 3.44. The van der Waals surface area contributed by atoms with Crippen LogP contribution in [0.1, 0.15) is 28.2 Å². The maximum absolute atomic E-state index is 13.1. The number of amides is 1. The van der Waals surface area contributed by atoms with E-state index in [-0.39, 0.29) is 22.6 Å². The van der Waals surface area contributed by atoms with E-state index in [1.165, 1.54) is 19.1 Å². The van der Waals surface area contributed by atoms with Gasteiger partial charge < -0.3 is 10.1 Å². The van der Waals surface area contributed by atoms with Crippen molar-refractivity contribution in [3.05, 3.63) is 53.5 Å². The minimum atomic E-state index is -4.83. The summed E-state index contributed by atoms with van der Waals surface area (Å²) < 4.78 is 67.3. The molecule has 0 aliphatic rings. The van der Waals surface area contributed by atoms with Crippen LogP contribution < -0.4 is 10.1 Å². The van der Waals surface area contributed by atoms with Crippen LogP contribution >= 0.6 is 0 Å². The Balaban J connectivity index is 1.84. The van der Waals surface area contributed by atoms with Gasteiger partial charge in [0.2, 0.25) is 0 Å². The fourth-order valence-corrected chi connectivity index (χ4v) is 2.37. The SMILES string of the molecule is Cc1cc(C(F)F)n2ncc(C(=O)Nc3ccc(OC(F)(F)F)cc3)c2n1. The molecule has 6 nitrogen and oxygen atoms in total. The van der Waals surface area contributed by atoms with Gasteiger partial charge in [-0.3, -0.25) is 4.79 Å². The lowest BCUT2D eigenvalue weighted by atomic mass is 10.2. The van der Waals surface area contributed by atoms with Crippen molar-refractivity contribution in [3.8, 4) is 5.75 Å². The molecule has 0 spiro atoms. The van der Waals surface area contributed by atoms with Gasteiger partial charge in [-0.15, -0.1) is 13.2 Å². The molecule has 1 amide bonds. The fraction of sp³-hybridized carbons (Fsp3) is 0.188. The second-order valence-corrected chi connectivity index (χ2v) is 5.44. The van der Waals surface area contributed by atoms with Gasteiger partial charge in [-0.1, -0.05) is 0 Å². The number of halogens is 5. The molecule has 3 aromatic rings. The number of nitrogens with one attached hydrogen (secondary N) is 1. The highest BCUT2D eigenvalue weighted by molar-refractivity contribution is 6.08. The zero-order valence-electron chi connectivity index (χ0n) is 13.6. The smallest absolute Gasteiger partial charge is 0.406 e. The molecule has 2 aromatic heterocycles. The molecule has 0 bridgehead atoms. The largest absolute Gasteiger partial charge is 0.573 e. The average molecular weight is 386 g/mol. The summed E-state index contributed by atoms with van der Waals surface area (Å²) in [5, 5.41) is 6.20. The Morgan fingerprint density at radius 2 is 1.89 bits per heavy atom. The van der Waals surface area contributed by atoms with Crippen molar-refractivity contribution >= 4 is 17.2 Å². The summed E-state index contributed by atoms with van der Waals surface area (Å²) in [6.45, 7) is 1.50. The first-order chi connectivity index (χ1) is 12.6. The van der Waals surface area contributed by atoms with Crippen molar-refractivity contribution in [2.75, 3.05) is 5.32 Å². The number of ether oxygens (including phenoxy) is 1. The predicted octanol–water partition coefficient (Wildman–Crippen LogP) is 4.13. The molecular formula is C16H11F5N4O2. The molecule has 0 aliphatic carbocycles. The number of alkyl halides is 5. The highest BCUT2D eigenvalue weighted by Crippen LogP contribution is 2.25. The Morgan fingerprint density at radius 3 is 2.48 bits per heavy atom. The molecule has 0 atom stereocenters. The van der Waals surface area contributed by atoms with E-state index < -0.39 is 30.1 Å². The summed E-state index contributed by atoms with van der Waals surface area (Å²) in [4.78, 5) is 16.4. The molecule has 0 fully saturated rings. The van der Waals surface area contributed by atoms with E-state index in [9.17, 15) is 26.7 Å². The number of aryl methyl sites for hydroxylation is 1. The molecule has 0 aliphatic heterocycles. The maximum atomic E-state index is 13.1. The minimum Gasteiger partial charge on any atom is -0.406 e. The van der Waals surface area contributed by atoms with Crippen LogP contribution in [0.4, 0.5) is 27.6 Å². The Bertz CT molecular complexity index is 983. The topological polar surface area (TPSA) is 68.5 Å². The lowest BCUT2D eigenvalue weighted by Gasteiger charge is -2.10. The molecule has 0 radical (unpaired) electrons. The summed E-state index contributed by atoms with van der Waals surface area (Å²) in [7, 11) is 0. The Labute approximate surface area is 148 Å². The van der Waals surface area contributed by atoms with Gasteiger partial charge in [0, 0.05) is 11.4 Å². The Kier molecular flexibility index (Phi) is 4.68. The average Bonchev–Trinajstić information content (AvgIpc) is 2.98. The number of carbonyl (C=O) groups is 1. The van der Waals surface area contributed by atoms with Gasteiger partial charge in [-0.2, -0.15) is 5.10 Å². The summed E-state index contributed by atoms with van der Waals surface area (Å²) >= 11 is 0. The number of anilines is 1. The second kappa shape index (κ2) is 6.82. The quantitative estimate of drug-likeness (QED) is 0.685. The number of hydrogen-bond acceptors (Lipinski definition) is 4. The maximum Gasteiger partial charge on any atom is 0.573 e. The molecular weight excluding hydrogens is 375 g/mol. The number of carbonyl (C=O) groups excluding carboxylic acids is 1. The molecule has 2 heterocycles. The van der Waals surface area contributed by atoms with Gasteiger partial charge in [0.25, 0.3) is 12.3 Å². The van der Waals surface area contributed by atoms with Crippen LogP contribution in [0.25, 0.3) is 5.65 Å². The Morgan fingerprint density at radius 1 is 1.22 bits per heavy atom. The van der Waals surface area contributed by atoms with Crippen LogP contribution in [0.15, 0.2) is 36.5 Å². The lowest BCUT2D eigenvalue weighted by Crippen LogP contribution is -2.17. The fourth-order valence-electron chi connectivity index (χ4n) is 2.37. The number of benzene rings is 1. The zero-order valence-corrected chi connectivity index (χ0v) is 13.6. The molecule has 0 unspecified atom stereocenters. The van der Waals surface area contributed by atoms with Gasteiger partial charge >= 0.3 is 6.36 Å². The van der Waals surface area contributed by atoms with Crippen molar-refractivity contribution in [2.45, 2.75) is 19.7 Å². The van der Waals surface area contributed by atoms with Gasteiger partial charge in [0.05, 0.1) is 6.20 Å². The van der Waals surface area contributed by atoms with Crippen LogP contribution in [-0.2, 0) is 0 Å². The molecule has 1 aromatic carbocycles. The molecule has 1 N–H and O–H groups in total. The summed E-state index contributed by atoms with van der Waals surface area (Å²) in [5.41, 5.74) is -0.0714. The van der Waals surface area contributed by atoms with Gasteiger partial charge in [-0.25, -0.2) is 18.3 Å². The van der Waals surface area contributed by atoms with E-state index in [1.807, 2.05) is 0 Å². The molecule has 0 saturated heterocycles. The Hall–Kier alpha value is -3.24. The normalized spacial score (nSPS) is 11.8. The standard InChI is InChI=1S/C16H11F5N4O2/c1-8-6-12(13(17)18)25-14(23-8)11(7-22-25)15(26)24-9-2-4-10(5-3-9)27-16(19,20)21/h2-7,13H,1H3,(H,24,26). The highest BCUT2D eigenvalue weighted by Gasteiger charge is 2.31. The molecule has 27 heavy (non-hydrogen) atoms. The summed E-state index contributed by atoms with van der Waals surface area (Å²) in [5.74, 6) is -1.15. The predicted molar refractivity (Wildman–Crippen MR) is 83.8 cm³/mol. The zero-order chi connectivity index (χ0) is 19.8. The van der Waals surface area contributed by atoms with Crippen molar-refractivity contribution in [1.29, 1.82) is 0 Å². The third-order valence-corrected chi connectivity index (χ3v) is 3.44. The van der Waals surface area contributed by atoms with Crippen molar-refractivity contribution in [3.63, 3.8) is 0 Å². The number of fused-ring (bicyclic) bond motifs is 1. The van der Waals surface area contributed by atoms with Gasteiger partial charge in [-0.05, 0) is 37.3 Å². The first-order valence-electron chi connectivity index (χ1n) is 7.44. The van der Waals surface area contributed by atoms with Crippen molar-refractivity contribution in [1.82, 2.24) is 14.6 Å². The lowest BCUT2D eigenvalue weighted by molar-refractivity contribution is -0.274. The number of rotatable bonds is 4. The molecule has 142 valence electrons. The van der Waals surface area contributed by atoms with Crippen molar-refractivity contribution < 1.29 is 31.5 Å². The van der Waals surface area contributed by atoms with E-state index >= 15 is 0 Å². The van der Waals surface area contributed by atoms with Gasteiger partial charge in [0.1, 0.15) is 17.0 Å². The van der Waals surface area contributed by atoms with Crippen molar-refractivity contribution in [2.24, 2.45) is 0 Å². The van der Waals surface area contributed by atoms with E-state index in [4.69, 9.17) is 0 Å². The monoisotopic (exact) mass is 386 g/mol. The molecule has 0 saturated carbocycles. The van der Waals surface area contributed by atoms with E-state index in [1.54, 1.807) is 0 Å². The minimum absolute atomic E-state index is 0.0557. The van der Waals surface area contributed by atoms with E-state index in [0.29, 0.717) is 0 Å². The second-order valence-electron chi connectivity index (χ2n) is 5.44. The van der Waals surface area contributed by atoms with Crippen LogP contribution in [0.5, 0.6) is 5.75 Å². The summed E-state index contributed by atoms with van der Waals surface area (Å²) in [6.07, 6.45) is -6.55. The highest BCUT2D eigenvalue weighted by atomic mass is 19.4. The van der Waals surface area contributed by atoms with E-state index in [2.05, 4.69) is 20.1 Å². The first-order valence-corrected chi connectivity index (χ1v) is 7.44. The van der Waals surface area contributed by atoms with Gasteiger partial charge in [0.15, 0.2) is 5.65 Å². The third kappa shape index (κ3) is 4.13.